The fraction of sp³-hybridized carbons (Fsp3) is 0.348. The molecule has 32 heavy (non-hydrogen) atoms. The second-order valence-electron chi connectivity index (χ2n) is 7.42. The first kappa shape index (κ1) is 24.7. The van der Waals surface area contributed by atoms with E-state index in [0.717, 1.165) is 20.1 Å². The highest BCUT2D eigenvalue weighted by Gasteiger charge is 2.35. The summed E-state index contributed by atoms with van der Waals surface area (Å²) in [7, 11) is 0. The van der Waals surface area contributed by atoms with Crippen molar-refractivity contribution in [2.24, 2.45) is 0 Å². The summed E-state index contributed by atoms with van der Waals surface area (Å²) in [4.78, 5) is 37.9. The van der Waals surface area contributed by atoms with Crippen LogP contribution in [-0.2, 0) is 9.53 Å². The number of amides is 2. The minimum atomic E-state index is -0.345. The number of benzene rings is 2. The van der Waals surface area contributed by atoms with Gasteiger partial charge in [-0.15, -0.1) is 0 Å². The highest BCUT2D eigenvalue weighted by Crippen LogP contribution is 2.35. The summed E-state index contributed by atoms with van der Waals surface area (Å²) < 4.78 is 12.5. The lowest BCUT2D eigenvalue weighted by Crippen LogP contribution is -2.31. The molecular weight excluding hydrogens is 566 g/mol. The van der Waals surface area contributed by atoms with Crippen LogP contribution in [0.5, 0.6) is 5.75 Å². The third kappa shape index (κ3) is 5.53. The number of hydrogen-bond acceptors (Lipinski definition) is 5. The Kier molecular flexibility index (Phi) is 8.36. The molecule has 2 aromatic rings. The van der Waals surface area contributed by atoms with Gasteiger partial charge >= 0.3 is 5.97 Å². The molecule has 3 rings (SSSR count). The molecule has 0 spiro atoms. The van der Waals surface area contributed by atoms with Gasteiger partial charge in [-0.05, 0) is 78.0 Å². The largest absolute Gasteiger partial charge is 0.492 e. The fourth-order valence-electron chi connectivity index (χ4n) is 3.35. The van der Waals surface area contributed by atoms with E-state index in [1.165, 1.54) is 4.90 Å². The topological polar surface area (TPSA) is 72.9 Å². The third-order valence-electron chi connectivity index (χ3n) is 5.07. The van der Waals surface area contributed by atoms with Crippen molar-refractivity contribution in [1.29, 1.82) is 0 Å². The standard InChI is InChI=1S/C23H22Br2ClNO5/c1-13-11-18(20(25)14(2)21(13)26)31-9-3-5-19(28)32-10-4-8-27-22(29)16-7-6-15(24)12-17(16)23(27)30/h6-7,11-12H,3-5,8-10H2,1-2H3. The molecule has 0 saturated carbocycles. The highest BCUT2D eigenvalue weighted by atomic mass is 79.9. The van der Waals surface area contributed by atoms with Gasteiger partial charge in [0.05, 0.1) is 28.8 Å². The predicted molar refractivity (Wildman–Crippen MR) is 128 cm³/mol. The molecule has 0 unspecified atom stereocenters. The Labute approximate surface area is 208 Å². The number of nitrogens with zero attached hydrogens (tertiary/aromatic N) is 1. The Balaban J connectivity index is 1.36. The minimum absolute atomic E-state index is 0.137. The molecule has 2 aromatic carbocycles. The number of rotatable bonds is 9. The Morgan fingerprint density at radius 2 is 1.75 bits per heavy atom. The first-order valence-electron chi connectivity index (χ1n) is 10.1. The van der Waals surface area contributed by atoms with Gasteiger partial charge in [0.25, 0.3) is 11.8 Å². The molecule has 0 N–H and O–H groups in total. The van der Waals surface area contributed by atoms with Crippen LogP contribution in [0, 0.1) is 13.8 Å². The van der Waals surface area contributed by atoms with E-state index >= 15 is 0 Å². The number of halogens is 3. The number of imide groups is 1. The zero-order valence-corrected chi connectivity index (χ0v) is 21.6. The molecule has 0 bridgehead atoms. The van der Waals surface area contributed by atoms with Crippen molar-refractivity contribution < 1.29 is 23.9 Å². The molecule has 1 heterocycles. The molecular formula is C23H22Br2ClNO5. The van der Waals surface area contributed by atoms with Gasteiger partial charge < -0.3 is 9.47 Å². The third-order valence-corrected chi connectivity index (χ3v) is 7.13. The van der Waals surface area contributed by atoms with E-state index in [-0.39, 0.29) is 37.4 Å². The summed E-state index contributed by atoms with van der Waals surface area (Å²) in [6, 6.07) is 6.86. The zero-order valence-electron chi connectivity index (χ0n) is 17.7. The van der Waals surface area contributed by atoms with Crippen LogP contribution in [0.15, 0.2) is 33.2 Å². The normalized spacial score (nSPS) is 12.8. The highest BCUT2D eigenvalue weighted by molar-refractivity contribution is 9.10. The molecule has 9 heteroatoms. The van der Waals surface area contributed by atoms with Gasteiger partial charge in [-0.3, -0.25) is 19.3 Å². The van der Waals surface area contributed by atoms with E-state index in [0.29, 0.717) is 41.3 Å². The van der Waals surface area contributed by atoms with Crippen molar-refractivity contribution >= 4 is 61.2 Å². The van der Waals surface area contributed by atoms with Gasteiger partial charge in [0.1, 0.15) is 5.75 Å². The lowest BCUT2D eigenvalue weighted by atomic mass is 10.1. The zero-order chi connectivity index (χ0) is 23.4. The molecule has 0 radical (unpaired) electrons. The van der Waals surface area contributed by atoms with Gasteiger partial charge in [-0.25, -0.2) is 0 Å². The molecule has 170 valence electrons. The van der Waals surface area contributed by atoms with E-state index in [9.17, 15) is 14.4 Å². The van der Waals surface area contributed by atoms with Crippen LogP contribution in [-0.4, -0.2) is 42.4 Å². The summed E-state index contributed by atoms with van der Waals surface area (Å²) in [5, 5.41) is 0.696. The summed E-state index contributed by atoms with van der Waals surface area (Å²) in [6.45, 7) is 4.51. The van der Waals surface area contributed by atoms with Crippen molar-refractivity contribution in [3.8, 4) is 5.75 Å². The Hall–Kier alpha value is -1.90. The minimum Gasteiger partial charge on any atom is -0.492 e. The number of carbonyl (C=O) groups excluding carboxylic acids is 3. The summed E-state index contributed by atoms with van der Waals surface area (Å²) in [5.74, 6) is -0.304. The molecule has 0 aliphatic carbocycles. The Bertz CT molecular complexity index is 1070. The molecule has 2 amide bonds. The van der Waals surface area contributed by atoms with Crippen LogP contribution in [0.4, 0.5) is 0 Å². The van der Waals surface area contributed by atoms with Crippen molar-refractivity contribution in [1.82, 2.24) is 4.90 Å². The van der Waals surface area contributed by atoms with Crippen LogP contribution in [0.3, 0.4) is 0 Å². The second-order valence-corrected chi connectivity index (χ2v) is 9.51. The molecule has 1 aliphatic rings. The number of esters is 1. The first-order chi connectivity index (χ1) is 15.2. The predicted octanol–water partition coefficient (Wildman–Crippen LogP) is 5.87. The SMILES string of the molecule is Cc1cc(OCCCC(=O)OCCCN2C(=O)c3ccc(Br)cc3C2=O)c(Br)c(C)c1Cl. The van der Waals surface area contributed by atoms with Crippen LogP contribution in [0.1, 0.15) is 51.1 Å². The van der Waals surface area contributed by atoms with E-state index in [4.69, 9.17) is 21.1 Å². The summed E-state index contributed by atoms with van der Waals surface area (Å²) in [5.41, 5.74) is 2.62. The molecule has 0 fully saturated rings. The number of ether oxygens (including phenoxy) is 2. The van der Waals surface area contributed by atoms with Crippen LogP contribution < -0.4 is 4.74 Å². The van der Waals surface area contributed by atoms with Gasteiger partial charge in [0.2, 0.25) is 0 Å². The van der Waals surface area contributed by atoms with E-state index in [1.807, 2.05) is 19.9 Å². The maximum atomic E-state index is 12.4. The van der Waals surface area contributed by atoms with E-state index in [2.05, 4.69) is 31.9 Å². The van der Waals surface area contributed by atoms with Crippen molar-refractivity contribution in [3.63, 3.8) is 0 Å². The second kappa shape index (κ2) is 10.8. The van der Waals surface area contributed by atoms with Gasteiger partial charge in [-0.2, -0.15) is 0 Å². The van der Waals surface area contributed by atoms with Crippen LogP contribution in [0.25, 0.3) is 0 Å². The van der Waals surface area contributed by atoms with Crippen molar-refractivity contribution in [3.05, 3.63) is 60.5 Å². The van der Waals surface area contributed by atoms with Crippen molar-refractivity contribution in [2.45, 2.75) is 33.1 Å². The number of hydrogen-bond donors (Lipinski definition) is 0. The average molecular weight is 588 g/mol. The maximum absolute atomic E-state index is 12.4. The molecule has 1 aliphatic heterocycles. The first-order valence-corrected chi connectivity index (χ1v) is 12.1. The van der Waals surface area contributed by atoms with E-state index in [1.54, 1.807) is 18.2 Å². The monoisotopic (exact) mass is 585 g/mol. The molecule has 6 nitrogen and oxygen atoms in total. The molecule has 0 saturated heterocycles. The maximum Gasteiger partial charge on any atom is 0.305 e. The van der Waals surface area contributed by atoms with E-state index < -0.39 is 0 Å². The van der Waals surface area contributed by atoms with Gasteiger partial charge in [0, 0.05) is 22.5 Å². The van der Waals surface area contributed by atoms with Crippen LogP contribution in [0.2, 0.25) is 5.02 Å². The lowest BCUT2D eigenvalue weighted by molar-refractivity contribution is -0.144. The number of aryl methyl sites for hydroxylation is 1. The molecule has 0 aromatic heterocycles. The number of carbonyl (C=O) groups is 3. The summed E-state index contributed by atoms with van der Waals surface area (Å²) >= 11 is 13.0. The smallest absolute Gasteiger partial charge is 0.305 e. The Morgan fingerprint density at radius 1 is 1.03 bits per heavy atom. The van der Waals surface area contributed by atoms with Gasteiger partial charge in [-0.1, -0.05) is 27.5 Å². The van der Waals surface area contributed by atoms with Crippen LogP contribution >= 0.6 is 43.5 Å². The summed E-state index contributed by atoms with van der Waals surface area (Å²) in [6.07, 6.45) is 1.09. The fourth-order valence-corrected chi connectivity index (χ4v) is 4.40. The number of fused-ring (bicyclic) bond motifs is 1. The van der Waals surface area contributed by atoms with Gasteiger partial charge in [0.15, 0.2) is 0 Å². The lowest BCUT2D eigenvalue weighted by Gasteiger charge is -2.14. The Morgan fingerprint density at radius 3 is 2.50 bits per heavy atom. The quantitative estimate of drug-likeness (QED) is 0.209. The molecule has 0 atom stereocenters. The average Bonchev–Trinajstić information content (AvgIpc) is 2.99. The van der Waals surface area contributed by atoms with Crippen molar-refractivity contribution in [2.75, 3.05) is 19.8 Å².